The molecule has 0 saturated heterocycles. The van der Waals surface area contributed by atoms with Crippen molar-refractivity contribution >= 4 is 23.2 Å². The maximum Gasteiger partial charge on any atom is 0.433 e. The van der Waals surface area contributed by atoms with Crippen LogP contribution in [0.1, 0.15) is 33.9 Å². The fourth-order valence-electron chi connectivity index (χ4n) is 3.87. The number of amides is 1. The lowest BCUT2D eigenvalue weighted by Gasteiger charge is -2.22. The number of carbonyl (C=O) groups excluding carboxylic acids is 1. The second-order valence-electron chi connectivity index (χ2n) is 8.39. The lowest BCUT2D eigenvalue weighted by molar-refractivity contribution is -0.141. The minimum atomic E-state index is -4.74. The molecule has 0 aliphatic heterocycles. The summed E-state index contributed by atoms with van der Waals surface area (Å²) >= 11 is 6.52. The molecule has 0 spiro atoms. The molecule has 206 valence electrons. The molecule has 4 aromatic rings. The van der Waals surface area contributed by atoms with E-state index in [1.165, 1.54) is 31.2 Å². The van der Waals surface area contributed by atoms with E-state index >= 15 is 0 Å². The van der Waals surface area contributed by atoms with Crippen molar-refractivity contribution in [3.8, 4) is 28.7 Å². The third-order valence-corrected chi connectivity index (χ3v) is 6.17. The molecule has 40 heavy (non-hydrogen) atoms. The molecule has 0 unspecified atom stereocenters. The molecular weight excluding hydrogens is 551 g/mol. The minimum absolute atomic E-state index is 0.0267. The highest BCUT2D eigenvalue weighted by Crippen LogP contribution is 2.39. The van der Waals surface area contributed by atoms with Crippen LogP contribution in [0.25, 0.3) is 11.1 Å². The van der Waals surface area contributed by atoms with Gasteiger partial charge in [0.25, 0.3) is 5.91 Å². The summed E-state index contributed by atoms with van der Waals surface area (Å²) in [6.45, 7) is 0.167. The van der Waals surface area contributed by atoms with E-state index in [-0.39, 0.29) is 39.6 Å². The molecule has 14 heteroatoms. The number of H-pyrrole nitrogens is 1. The van der Waals surface area contributed by atoms with Gasteiger partial charge in [-0.15, -0.1) is 5.10 Å². The SMILES string of the molecule is COc1ccccc1N(C)C(=O)c1cc(-c2cnc(C(F)(F)F)cc2C#N)c(Cl)cc1OCCCc1nnn[nH]1. The highest BCUT2D eigenvalue weighted by Gasteiger charge is 2.33. The van der Waals surface area contributed by atoms with Crippen LogP contribution in [0.3, 0.4) is 0 Å². The summed E-state index contributed by atoms with van der Waals surface area (Å²) in [5.74, 6) is 0.613. The number of methoxy groups -OCH3 is 1. The molecule has 10 nitrogen and oxygen atoms in total. The zero-order valence-electron chi connectivity index (χ0n) is 21.2. The van der Waals surface area contributed by atoms with Crippen LogP contribution < -0.4 is 14.4 Å². The average molecular weight is 572 g/mol. The predicted molar refractivity (Wildman–Crippen MR) is 138 cm³/mol. The first kappa shape index (κ1) is 28.3. The number of ether oxygens (including phenoxy) is 2. The predicted octanol–water partition coefficient (Wildman–Crippen LogP) is 5.10. The molecule has 2 aromatic carbocycles. The molecule has 0 fully saturated rings. The smallest absolute Gasteiger partial charge is 0.433 e. The Kier molecular flexibility index (Phi) is 8.49. The van der Waals surface area contributed by atoms with Crippen LogP contribution in [0.5, 0.6) is 11.5 Å². The summed E-state index contributed by atoms with van der Waals surface area (Å²) in [4.78, 5) is 18.6. The van der Waals surface area contributed by atoms with Crippen LogP contribution in [0.4, 0.5) is 18.9 Å². The molecule has 4 rings (SSSR count). The Hall–Kier alpha value is -4.70. The molecule has 0 atom stereocenters. The third-order valence-electron chi connectivity index (χ3n) is 5.86. The maximum atomic E-state index is 13.8. The van der Waals surface area contributed by atoms with Gasteiger partial charge in [0.15, 0.2) is 0 Å². The van der Waals surface area contributed by atoms with E-state index in [0.29, 0.717) is 36.2 Å². The number of nitrogens with one attached hydrogen (secondary N) is 1. The number of hydrogen-bond donors (Lipinski definition) is 1. The van der Waals surface area contributed by atoms with Crippen molar-refractivity contribution in [1.82, 2.24) is 25.6 Å². The Balaban J connectivity index is 1.75. The van der Waals surface area contributed by atoms with Gasteiger partial charge in [0.1, 0.15) is 23.0 Å². The van der Waals surface area contributed by atoms with Crippen LogP contribution in [-0.2, 0) is 12.6 Å². The van der Waals surface area contributed by atoms with Gasteiger partial charge in [0, 0.05) is 36.9 Å². The number of benzene rings is 2. The number of alkyl halides is 3. The molecule has 0 aliphatic rings. The third kappa shape index (κ3) is 6.13. The molecule has 2 heterocycles. The van der Waals surface area contributed by atoms with Crippen molar-refractivity contribution < 1.29 is 27.4 Å². The van der Waals surface area contributed by atoms with Gasteiger partial charge in [0.2, 0.25) is 0 Å². The molecule has 1 amide bonds. The summed E-state index contributed by atoms with van der Waals surface area (Å²) in [6, 6.07) is 12.0. The van der Waals surface area contributed by atoms with Crippen LogP contribution in [-0.4, -0.2) is 52.3 Å². The molecule has 0 saturated carbocycles. The van der Waals surface area contributed by atoms with E-state index < -0.39 is 17.8 Å². The first-order valence-electron chi connectivity index (χ1n) is 11.7. The molecule has 0 aliphatic carbocycles. The number of halogens is 4. The highest BCUT2D eigenvalue weighted by atomic mass is 35.5. The fourth-order valence-corrected chi connectivity index (χ4v) is 4.12. The van der Waals surface area contributed by atoms with Crippen molar-refractivity contribution in [2.75, 3.05) is 25.7 Å². The number of rotatable bonds is 9. The average Bonchev–Trinajstić information content (AvgIpc) is 3.47. The van der Waals surface area contributed by atoms with E-state index in [0.717, 1.165) is 6.20 Å². The molecule has 0 bridgehead atoms. The number of nitrogens with zero attached hydrogens (tertiary/aromatic N) is 6. The van der Waals surface area contributed by atoms with Gasteiger partial charge in [-0.05, 0) is 41.1 Å². The van der Waals surface area contributed by atoms with Crippen molar-refractivity contribution in [2.45, 2.75) is 19.0 Å². The fraction of sp³-hybridized carbons (Fsp3) is 0.231. The van der Waals surface area contributed by atoms with Crippen molar-refractivity contribution in [1.29, 1.82) is 5.26 Å². The lowest BCUT2D eigenvalue weighted by Crippen LogP contribution is -2.27. The summed E-state index contributed by atoms with van der Waals surface area (Å²) in [5.41, 5.74) is -0.856. The Bertz CT molecular complexity index is 1560. The number of aromatic amines is 1. The van der Waals surface area contributed by atoms with Gasteiger partial charge in [-0.1, -0.05) is 23.7 Å². The number of aryl methyl sites for hydroxylation is 1. The zero-order chi connectivity index (χ0) is 28.9. The number of pyridine rings is 1. The van der Waals surface area contributed by atoms with Crippen molar-refractivity contribution in [2.24, 2.45) is 0 Å². The second-order valence-corrected chi connectivity index (χ2v) is 8.80. The van der Waals surface area contributed by atoms with E-state index in [2.05, 4.69) is 25.6 Å². The number of tetrazole rings is 1. The summed E-state index contributed by atoms with van der Waals surface area (Å²) in [7, 11) is 3.01. The number of nitriles is 1. The van der Waals surface area contributed by atoms with Crippen LogP contribution >= 0.6 is 11.6 Å². The number of carbonyl (C=O) groups is 1. The van der Waals surface area contributed by atoms with Gasteiger partial charge in [0.05, 0.1) is 41.6 Å². The summed E-state index contributed by atoms with van der Waals surface area (Å²) < 4.78 is 50.9. The number of hydrogen-bond acceptors (Lipinski definition) is 8. The quantitative estimate of drug-likeness (QED) is 0.275. The van der Waals surface area contributed by atoms with Gasteiger partial charge in [-0.3, -0.25) is 9.78 Å². The highest BCUT2D eigenvalue weighted by molar-refractivity contribution is 6.34. The summed E-state index contributed by atoms with van der Waals surface area (Å²) in [6.07, 6.45) is -2.86. The Morgan fingerprint density at radius 3 is 2.62 bits per heavy atom. The van der Waals surface area contributed by atoms with Crippen LogP contribution in [0.15, 0.2) is 48.7 Å². The zero-order valence-corrected chi connectivity index (χ0v) is 21.9. The molecule has 1 N–H and O–H groups in total. The molecular formula is C26H21ClF3N7O3. The van der Waals surface area contributed by atoms with Crippen LogP contribution in [0, 0.1) is 11.3 Å². The summed E-state index contributed by atoms with van der Waals surface area (Å²) in [5, 5.41) is 23.1. The van der Waals surface area contributed by atoms with Gasteiger partial charge in [-0.2, -0.15) is 18.4 Å². The second kappa shape index (κ2) is 12.0. The minimum Gasteiger partial charge on any atom is -0.495 e. The Labute approximate surface area is 231 Å². The lowest BCUT2D eigenvalue weighted by atomic mass is 9.98. The van der Waals surface area contributed by atoms with E-state index in [1.54, 1.807) is 30.3 Å². The number of para-hydroxylation sites is 2. The van der Waals surface area contributed by atoms with Gasteiger partial charge < -0.3 is 14.4 Å². The number of anilines is 1. The topological polar surface area (TPSA) is 130 Å². The first-order chi connectivity index (χ1) is 19.1. The largest absolute Gasteiger partial charge is 0.495 e. The maximum absolute atomic E-state index is 13.8. The first-order valence-corrected chi connectivity index (χ1v) is 12.1. The molecule has 0 radical (unpaired) electrons. The normalized spacial score (nSPS) is 11.1. The number of aromatic nitrogens is 5. The van der Waals surface area contributed by atoms with Gasteiger partial charge >= 0.3 is 6.18 Å². The molecule has 2 aromatic heterocycles. The van der Waals surface area contributed by atoms with E-state index in [4.69, 9.17) is 21.1 Å². The van der Waals surface area contributed by atoms with Crippen molar-refractivity contribution in [3.05, 3.63) is 76.3 Å². The van der Waals surface area contributed by atoms with E-state index in [9.17, 15) is 23.2 Å². The monoisotopic (exact) mass is 571 g/mol. The standard InChI is InChI=1S/C26H21ClF3N7O3/c1-37(20-6-3-4-7-21(20)39-2)25(38)17-11-16(18-14-32-23(26(28,29)30)10-15(18)13-31)19(27)12-22(17)40-9-5-8-24-33-35-36-34-24/h3-4,6-7,10-12,14H,5,8-9H2,1-2H3,(H,33,34,35,36). The van der Waals surface area contributed by atoms with Crippen molar-refractivity contribution in [3.63, 3.8) is 0 Å². The van der Waals surface area contributed by atoms with Crippen LogP contribution in [0.2, 0.25) is 5.02 Å². The Morgan fingerprint density at radius 1 is 1.18 bits per heavy atom. The van der Waals surface area contributed by atoms with Gasteiger partial charge in [-0.25, -0.2) is 5.10 Å². The van der Waals surface area contributed by atoms with E-state index in [1.807, 2.05) is 0 Å². The Morgan fingerprint density at radius 2 is 1.95 bits per heavy atom.